The number of allylic oxidation sites excluding steroid dienone is 1. The normalized spacial score (nSPS) is 11.4. The van der Waals surface area contributed by atoms with E-state index in [0.717, 1.165) is 0 Å². The van der Waals surface area contributed by atoms with Crippen molar-refractivity contribution in [1.82, 2.24) is 0 Å². The Bertz CT molecular complexity index is 106. The lowest BCUT2D eigenvalue weighted by Gasteiger charge is -1.92. The van der Waals surface area contributed by atoms with Crippen LogP contribution in [-0.4, -0.2) is 11.9 Å². The Morgan fingerprint density at radius 1 is 1.86 bits per heavy atom. The van der Waals surface area contributed by atoms with E-state index < -0.39 is 0 Å². The Hall–Kier alpha value is -0.860. The Balaban J connectivity index is 3.82. The first-order chi connectivity index (χ1) is 3.18. The van der Waals surface area contributed by atoms with Crippen LogP contribution in [0.4, 0.5) is 0 Å². The molecular weight excluding hydrogens is 92.1 g/mol. The van der Waals surface area contributed by atoms with Gasteiger partial charge in [0, 0.05) is 6.92 Å². The maximum Gasteiger partial charge on any atom is 0.211 e. The van der Waals surface area contributed by atoms with E-state index in [0.29, 0.717) is 10.6 Å². The minimum absolute atomic E-state index is 0.405. The molecule has 0 aromatic rings. The molecule has 0 heterocycles. The number of azo groups is 1. The minimum atomic E-state index is 0.405. The van der Waals surface area contributed by atoms with Gasteiger partial charge in [-0.05, 0) is 11.7 Å². The van der Waals surface area contributed by atoms with Crippen molar-refractivity contribution in [1.29, 1.82) is 0 Å². The molecule has 7 heavy (non-hydrogen) atoms. The molecule has 0 saturated heterocycles. The summed E-state index contributed by atoms with van der Waals surface area (Å²) in [5.74, 6) is 0. The van der Waals surface area contributed by atoms with E-state index in [2.05, 4.69) is 11.7 Å². The van der Waals surface area contributed by atoms with Gasteiger partial charge in [-0.25, -0.2) is 0 Å². The van der Waals surface area contributed by atoms with Crippen LogP contribution in [0.15, 0.2) is 17.4 Å². The van der Waals surface area contributed by atoms with Gasteiger partial charge in [0.05, 0.1) is 7.05 Å². The highest BCUT2D eigenvalue weighted by Gasteiger charge is 1.88. The van der Waals surface area contributed by atoms with Gasteiger partial charge in [-0.1, -0.05) is 4.86 Å². The number of rotatable bonds is 1. The first kappa shape index (κ1) is 6.14. The van der Waals surface area contributed by atoms with Crippen LogP contribution in [0.5, 0.6) is 0 Å². The van der Waals surface area contributed by atoms with Gasteiger partial charge in [0.25, 0.3) is 0 Å². The van der Waals surface area contributed by atoms with Crippen LogP contribution >= 0.6 is 0 Å². The summed E-state index contributed by atoms with van der Waals surface area (Å²) < 4.78 is 0. The molecule has 3 heteroatoms. The molecule has 0 amide bonds. The standard InChI is InChI=1S/C4H8N2O/c1-4(2)6(7)5-3/h1H2,2-3H3. The van der Waals surface area contributed by atoms with Gasteiger partial charge in [0.15, 0.2) is 0 Å². The lowest BCUT2D eigenvalue weighted by Crippen LogP contribution is -1.92. The van der Waals surface area contributed by atoms with Crippen molar-refractivity contribution in [2.24, 2.45) is 5.11 Å². The van der Waals surface area contributed by atoms with E-state index >= 15 is 0 Å². The number of hydroxylamine groups is 1. The van der Waals surface area contributed by atoms with Crippen molar-refractivity contribution in [3.05, 3.63) is 17.5 Å². The maximum absolute atomic E-state index is 10.2. The maximum atomic E-state index is 10.2. The quantitative estimate of drug-likeness (QED) is 0.276. The Labute approximate surface area is 42.5 Å². The summed E-state index contributed by atoms with van der Waals surface area (Å²) in [5.41, 5.74) is 0.405. The summed E-state index contributed by atoms with van der Waals surface area (Å²) in [4.78, 5) is 0.472. The first-order valence-corrected chi connectivity index (χ1v) is 1.91. The zero-order valence-electron chi connectivity index (χ0n) is 4.51. The SMILES string of the molecule is C=C(C)[N+]([O-])=NC. The molecule has 0 fully saturated rings. The van der Waals surface area contributed by atoms with Gasteiger partial charge in [0.2, 0.25) is 5.70 Å². The molecule has 0 saturated carbocycles. The fourth-order valence-corrected chi connectivity index (χ4v) is 0.171. The Morgan fingerprint density at radius 3 is 2.29 bits per heavy atom. The first-order valence-electron chi connectivity index (χ1n) is 1.91. The van der Waals surface area contributed by atoms with Crippen LogP contribution in [0, 0.1) is 5.21 Å². The van der Waals surface area contributed by atoms with Gasteiger partial charge >= 0.3 is 0 Å². The Kier molecular flexibility index (Phi) is 2.05. The van der Waals surface area contributed by atoms with Gasteiger partial charge < -0.3 is 5.21 Å². The van der Waals surface area contributed by atoms with E-state index in [-0.39, 0.29) is 0 Å². The summed E-state index contributed by atoms with van der Waals surface area (Å²) in [6.07, 6.45) is 0. The molecule has 0 rings (SSSR count). The van der Waals surface area contributed by atoms with E-state index in [1.807, 2.05) is 0 Å². The van der Waals surface area contributed by atoms with Gasteiger partial charge in [-0.15, -0.1) is 0 Å². The van der Waals surface area contributed by atoms with Crippen molar-refractivity contribution in [2.75, 3.05) is 7.05 Å². The predicted molar refractivity (Wildman–Crippen MR) is 26.8 cm³/mol. The van der Waals surface area contributed by atoms with Gasteiger partial charge in [-0.2, -0.15) is 0 Å². The second-order valence-corrected chi connectivity index (χ2v) is 1.21. The van der Waals surface area contributed by atoms with Crippen LogP contribution < -0.4 is 0 Å². The molecule has 0 bridgehead atoms. The molecule has 0 aliphatic rings. The molecule has 0 unspecified atom stereocenters. The molecule has 0 aliphatic heterocycles. The fraction of sp³-hybridized carbons (Fsp3) is 0.500. The summed E-state index contributed by atoms with van der Waals surface area (Å²) in [7, 11) is 1.42. The summed E-state index contributed by atoms with van der Waals surface area (Å²) in [5, 5.41) is 13.4. The third kappa shape index (κ3) is 1.92. The smallest absolute Gasteiger partial charge is 0.211 e. The molecule has 40 valence electrons. The van der Waals surface area contributed by atoms with Gasteiger partial charge in [-0.3, -0.25) is 0 Å². The highest BCUT2D eigenvalue weighted by Crippen LogP contribution is 1.86. The highest BCUT2D eigenvalue weighted by atomic mass is 16.5. The van der Waals surface area contributed by atoms with Crippen LogP contribution in [0.2, 0.25) is 0 Å². The lowest BCUT2D eigenvalue weighted by molar-refractivity contribution is -0.475. The third-order valence-electron chi connectivity index (χ3n) is 0.508. The van der Waals surface area contributed by atoms with Crippen molar-refractivity contribution < 1.29 is 4.86 Å². The minimum Gasteiger partial charge on any atom is -0.595 e. The average Bonchev–Trinajstić information content (AvgIpc) is 1.65. The second-order valence-electron chi connectivity index (χ2n) is 1.21. The summed E-state index contributed by atoms with van der Waals surface area (Å²) in [6.45, 7) is 4.94. The molecule has 0 atom stereocenters. The highest BCUT2D eigenvalue weighted by molar-refractivity contribution is 4.69. The summed E-state index contributed by atoms with van der Waals surface area (Å²) >= 11 is 0. The molecule has 0 N–H and O–H groups in total. The molecule has 3 nitrogen and oxygen atoms in total. The van der Waals surface area contributed by atoms with Crippen molar-refractivity contribution in [3.63, 3.8) is 0 Å². The third-order valence-corrected chi connectivity index (χ3v) is 0.508. The van der Waals surface area contributed by atoms with Crippen LogP contribution in [0.3, 0.4) is 0 Å². The zero-order chi connectivity index (χ0) is 5.86. The molecular formula is C4H8N2O. The number of hydrogen-bond acceptors (Lipinski definition) is 2. The molecule has 0 spiro atoms. The van der Waals surface area contributed by atoms with Gasteiger partial charge in [0.1, 0.15) is 0 Å². The summed E-state index contributed by atoms with van der Waals surface area (Å²) in [6, 6.07) is 0. The molecule has 0 aliphatic carbocycles. The largest absolute Gasteiger partial charge is 0.595 e. The lowest BCUT2D eigenvalue weighted by atomic mass is 10.6. The number of nitrogens with zero attached hydrogens (tertiary/aromatic N) is 2. The van der Waals surface area contributed by atoms with Crippen LogP contribution in [0.1, 0.15) is 6.92 Å². The van der Waals surface area contributed by atoms with E-state index in [9.17, 15) is 5.21 Å². The van der Waals surface area contributed by atoms with Crippen molar-refractivity contribution in [3.8, 4) is 0 Å². The fourth-order valence-electron chi connectivity index (χ4n) is 0.171. The second kappa shape index (κ2) is 2.34. The average molecular weight is 100 g/mol. The predicted octanol–water partition coefficient (Wildman–Crippen LogP) is 1.11. The van der Waals surface area contributed by atoms with Crippen LogP contribution in [0.25, 0.3) is 0 Å². The molecule has 0 aromatic heterocycles. The Morgan fingerprint density at radius 2 is 2.29 bits per heavy atom. The zero-order valence-corrected chi connectivity index (χ0v) is 4.51. The van der Waals surface area contributed by atoms with Crippen molar-refractivity contribution in [2.45, 2.75) is 6.92 Å². The topological polar surface area (TPSA) is 38.4 Å². The van der Waals surface area contributed by atoms with E-state index in [1.54, 1.807) is 6.92 Å². The molecule has 0 aromatic carbocycles. The van der Waals surface area contributed by atoms with Crippen molar-refractivity contribution >= 4 is 0 Å². The number of hydrogen-bond donors (Lipinski definition) is 0. The monoisotopic (exact) mass is 100 g/mol. The van der Waals surface area contributed by atoms with Crippen LogP contribution in [-0.2, 0) is 0 Å². The van der Waals surface area contributed by atoms with E-state index in [1.165, 1.54) is 7.05 Å². The molecule has 0 radical (unpaired) electrons. The van der Waals surface area contributed by atoms with E-state index in [4.69, 9.17) is 0 Å².